The molecule has 1 aromatic carbocycles. The number of esters is 1. The summed E-state index contributed by atoms with van der Waals surface area (Å²) in [6.07, 6.45) is 5.84. The van der Waals surface area contributed by atoms with E-state index in [1.54, 1.807) is 0 Å². The predicted octanol–water partition coefficient (Wildman–Crippen LogP) is 3.42. The van der Waals surface area contributed by atoms with Crippen LogP contribution in [0.3, 0.4) is 0 Å². The van der Waals surface area contributed by atoms with Crippen molar-refractivity contribution in [1.82, 2.24) is 5.32 Å². The molecule has 0 saturated heterocycles. The highest BCUT2D eigenvalue weighted by Gasteiger charge is 2.60. The number of carbonyl (C=O) groups is 3. The second-order valence-corrected chi connectivity index (χ2v) is 10.2. The van der Waals surface area contributed by atoms with Gasteiger partial charge in [0.25, 0.3) is 5.91 Å². The highest BCUT2D eigenvalue weighted by Crippen LogP contribution is 2.64. The van der Waals surface area contributed by atoms with Crippen molar-refractivity contribution >= 4 is 29.3 Å². The summed E-state index contributed by atoms with van der Waals surface area (Å²) in [6.45, 7) is 1.10. The molecule has 4 saturated carbocycles. The standard InChI is InChI=1S/C23H28ClNO4/c1-15(26)19(8-16-5-3-2-4-6-16)25-20(27)13-29-21(28)22-9-17-7-18(10-22)12-23(24,11-17)14-22/h2-6,17-19H,7-14H2,1H3,(H,25,27)/t17-,18+,19-,22?,23?/m0/s1. The van der Waals surface area contributed by atoms with Crippen LogP contribution >= 0.6 is 11.6 Å². The molecule has 0 spiro atoms. The first-order valence-electron chi connectivity index (χ1n) is 10.5. The lowest BCUT2D eigenvalue weighted by molar-refractivity contribution is -0.171. The van der Waals surface area contributed by atoms with E-state index in [9.17, 15) is 14.4 Å². The van der Waals surface area contributed by atoms with Crippen LogP contribution in [0.5, 0.6) is 0 Å². The summed E-state index contributed by atoms with van der Waals surface area (Å²) in [5.41, 5.74) is 0.432. The Morgan fingerprint density at radius 3 is 2.38 bits per heavy atom. The molecular formula is C23H28ClNO4. The average molecular weight is 418 g/mol. The van der Waals surface area contributed by atoms with Gasteiger partial charge < -0.3 is 10.1 Å². The third-order valence-electron chi connectivity index (χ3n) is 6.87. The molecule has 6 heteroatoms. The van der Waals surface area contributed by atoms with Crippen LogP contribution in [0.4, 0.5) is 0 Å². The second kappa shape index (κ2) is 7.75. The van der Waals surface area contributed by atoms with Crippen LogP contribution in [0.25, 0.3) is 0 Å². The van der Waals surface area contributed by atoms with Crippen LogP contribution in [0, 0.1) is 17.3 Å². The van der Waals surface area contributed by atoms with Gasteiger partial charge in [-0.1, -0.05) is 30.3 Å². The molecule has 2 unspecified atom stereocenters. The van der Waals surface area contributed by atoms with E-state index in [1.807, 2.05) is 30.3 Å². The number of carbonyl (C=O) groups excluding carboxylic acids is 3. The third kappa shape index (κ3) is 4.35. The summed E-state index contributed by atoms with van der Waals surface area (Å²) in [7, 11) is 0. The minimum atomic E-state index is -0.630. The molecule has 5 rings (SSSR count). The average Bonchev–Trinajstić information content (AvgIpc) is 2.64. The first kappa shape index (κ1) is 20.4. The summed E-state index contributed by atoms with van der Waals surface area (Å²) in [4.78, 5) is 37.0. The van der Waals surface area contributed by atoms with E-state index in [0.29, 0.717) is 24.7 Å². The SMILES string of the molecule is CC(=O)[C@H](Cc1ccccc1)NC(=O)COC(=O)C12C[C@@H]3C[C@@H](CC(Cl)(C3)C1)C2. The molecule has 0 radical (unpaired) electrons. The summed E-state index contributed by atoms with van der Waals surface area (Å²) < 4.78 is 5.44. The Kier molecular flexibility index (Phi) is 5.45. The molecule has 0 aromatic heterocycles. The van der Waals surface area contributed by atoms with E-state index in [4.69, 9.17) is 16.3 Å². The van der Waals surface area contributed by atoms with Crippen molar-refractivity contribution < 1.29 is 19.1 Å². The minimum absolute atomic E-state index is 0.126. The summed E-state index contributed by atoms with van der Waals surface area (Å²) in [5.74, 6) is 0.110. The summed E-state index contributed by atoms with van der Waals surface area (Å²) in [6, 6.07) is 8.89. The maximum atomic E-state index is 12.9. The van der Waals surface area contributed by atoms with Crippen LogP contribution < -0.4 is 5.32 Å². The topological polar surface area (TPSA) is 72.5 Å². The fraction of sp³-hybridized carbons (Fsp3) is 0.609. The van der Waals surface area contributed by atoms with Gasteiger partial charge in [-0.15, -0.1) is 11.6 Å². The molecule has 5 nitrogen and oxygen atoms in total. The first-order chi connectivity index (χ1) is 13.8. The van der Waals surface area contributed by atoms with Gasteiger partial charge in [-0.25, -0.2) is 0 Å². The van der Waals surface area contributed by atoms with Gasteiger partial charge in [0.1, 0.15) is 0 Å². The van der Waals surface area contributed by atoms with Crippen molar-refractivity contribution in [2.24, 2.45) is 17.3 Å². The molecule has 1 amide bonds. The fourth-order valence-corrected chi connectivity index (χ4v) is 6.75. The molecule has 4 bridgehead atoms. The van der Waals surface area contributed by atoms with Gasteiger partial charge in [0.2, 0.25) is 0 Å². The number of ether oxygens (including phenoxy) is 1. The number of ketones is 1. The molecule has 1 N–H and O–H groups in total. The van der Waals surface area contributed by atoms with Gasteiger partial charge in [-0.3, -0.25) is 14.4 Å². The molecule has 4 aliphatic rings. The zero-order valence-corrected chi connectivity index (χ0v) is 17.5. The highest BCUT2D eigenvalue weighted by molar-refractivity contribution is 6.24. The molecule has 1 aromatic rings. The Labute approximate surface area is 176 Å². The number of rotatable bonds is 7. The number of hydrogen-bond donors (Lipinski definition) is 1. The molecule has 156 valence electrons. The van der Waals surface area contributed by atoms with Gasteiger partial charge in [-0.2, -0.15) is 0 Å². The van der Waals surface area contributed by atoms with Gasteiger partial charge in [0, 0.05) is 4.87 Å². The zero-order valence-electron chi connectivity index (χ0n) is 16.8. The minimum Gasteiger partial charge on any atom is -0.455 e. The monoisotopic (exact) mass is 417 g/mol. The molecule has 0 heterocycles. The second-order valence-electron chi connectivity index (χ2n) is 9.39. The van der Waals surface area contributed by atoms with Crippen molar-refractivity contribution in [3.63, 3.8) is 0 Å². The number of halogens is 1. The van der Waals surface area contributed by atoms with Gasteiger partial charge in [-0.05, 0) is 69.3 Å². The largest absolute Gasteiger partial charge is 0.455 e. The van der Waals surface area contributed by atoms with Crippen molar-refractivity contribution in [3.05, 3.63) is 35.9 Å². The van der Waals surface area contributed by atoms with Crippen LogP contribution in [0.15, 0.2) is 30.3 Å². The van der Waals surface area contributed by atoms with Crippen LogP contribution in [0.1, 0.15) is 51.0 Å². The number of hydrogen-bond acceptors (Lipinski definition) is 4. The smallest absolute Gasteiger partial charge is 0.312 e. The maximum absolute atomic E-state index is 12.9. The van der Waals surface area contributed by atoms with Crippen LogP contribution in [-0.4, -0.2) is 35.2 Å². The summed E-state index contributed by atoms with van der Waals surface area (Å²) >= 11 is 6.78. The van der Waals surface area contributed by atoms with Gasteiger partial charge >= 0.3 is 5.97 Å². The quantitative estimate of drug-likeness (QED) is 0.545. The van der Waals surface area contributed by atoms with Gasteiger partial charge in [0.05, 0.1) is 11.5 Å². The Morgan fingerprint density at radius 2 is 1.79 bits per heavy atom. The van der Waals surface area contributed by atoms with Crippen molar-refractivity contribution in [2.45, 2.75) is 62.8 Å². The molecule has 4 fully saturated rings. The Hall–Kier alpha value is -1.88. The normalized spacial score (nSPS) is 33.2. The lowest BCUT2D eigenvalue weighted by Crippen LogP contribution is -2.56. The number of alkyl halides is 1. The van der Waals surface area contributed by atoms with E-state index in [2.05, 4.69) is 5.32 Å². The Morgan fingerprint density at radius 1 is 1.14 bits per heavy atom. The molecule has 29 heavy (non-hydrogen) atoms. The fourth-order valence-electron chi connectivity index (χ4n) is 6.06. The van der Waals surface area contributed by atoms with Crippen molar-refractivity contribution in [1.29, 1.82) is 0 Å². The zero-order chi connectivity index (χ0) is 20.6. The highest BCUT2D eigenvalue weighted by atomic mass is 35.5. The first-order valence-corrected chi connectivity index (χ1v) is 10.8. The van der Waals surface area contributed by atoms with E-state index >= 15 is 0 Å². The van der Waals surface area contributed by atoms with E-state index in [0.717, 1.165) is 37.7 Å². The van der Waals surface area contributed by atoms with E-state index in [-0.39, 0.29) is 23.2 Å². The van der Waals surface area contributed by atoms with Gasteiger partial charge in [0.15, 0.2) is 12.4 Å². The van der Waals surface area contributed by atoms with E-state index in [1.165, 1.54) is 6.92 Å². The number of nitrogens with one attached hydrogen (secondary N) is 1. The Bertz CT molecular complexity index is 794. The van der Waals surface area contributed by atoms with Crippen molar-refractivity contribution in [3.8, 4) is 0 Å². The lowest BCUT2D eigenvalue weighted by atomic mass is 9.49. The Balaban J connectivity index is 1.33. The summed E-state index contributed by atoms with van der Waals surface area (Å²) in [5, 5.41) is 2.71. The molecule has 0 aliphatic heterocycles. The maximum Gasteiger partial charge on any atom is 0.312 e. The van der Waals surface area contributed by atoms with Crippen LogP contribution in [0.2, 0.25) is 0 Å². The lowest BCUT2D eigenvalue weighted by Gasteiger charge is -2.58. The van der Waals surface area contributed by atoms with Crippen LogP contribution in [-0.2, 0) is 25.5 Å². The molecule has 4 aliphatic carbocycles. The number of benzene rings is 1. The van der Waals surface area contributed by atoms with E-state index < -0.39 is 17.4 Å². The number of Topliss-reactive ketones (excluding diaryl/α,β-unsaturated/α-hetero) is 1. The molecular weight excluding hydrogens is 390 g/mol. The number of amides is 1. The molecule has 5 atom stereocenters. The van der Waals surface area contributed by atoms with Crippen molar-refractivity contribution in [2.75, 3.05) is 6.61 Å². The predicted molar refractivity (Wildman–Crippen MR) is 109 cm³/mol. The third-order valence-corrected chi connectivity index (χ3v) is 7.31.